The van der Waals surface area contributed by atoms with Gasteiger partial charge >= 0.3 is 0 Å². The monoisotopic (exact) mass is 480 g/mol. The number of nitrogens with one attached hydrogen (secondary N) is 1. The van der Waals surface area contributed by atoms with Gasteiger partial charge in [-0.3, -0.25) is 9.69 Å². The van der Waals surface area contributed by atoms with E-state index in [1.165, 1.54) is 4.31 Å². The standard InChI is InChI=1S/C25H28N4O4S/c1-3-17(2)18-8-10-19(11-9-18)34(31,32)29-14-12-28(13-15-29)16-22-26-23-20-6-4-5-7-21(20)33-24(23)25(30)27-22/h4-11,17H,3,12-16H2,1-2H3,(H,26,27,30). The lowest BCUT2D eigenvalue weighted by atomic mass is 9.99. The normalized spacial score (nSPS) is 16.9. The highest BCUT2D eigenvalue weighted by Crippen LogP contribution is 2.25. The van der Waals surface area contributed by atoms with E-state index >= 15 is 0 Å². The zero-order valence-electron chi connectivity index (χ0n) is 19.3. The van der Waals surface area contributed by atoms with Crippen molar-refractivity contribution in [2.24, 2.45) is 0 Å². The largest absolute Gasteiger partial charge is 0.449 e. The number of benzene rings is 2. The van der Waals surface area contributed by atoms with Crippen molar-refractivity contribution >= 4 is 32.1 Å². The summed E-state index contributed by atoms with van der Waals surface area (Å²) in [5.41, 5.74) is 2.24. The van der Waals surface area contributed by atoms with Crippen molar-refractivity contribution in [1.29, 1.82) is 0 Å². The van der Waals surface area contributed by atoms with Crippen LogP contribution in [0.4, 0.5) is 0 Å². The van der Waals surface area contributed by atoms with Crippen molar-refractivity contribution in [3.8, 4) is 0 Å². The average Bonchev–Trinajstić information content (AvgIpc) is 3.23. The molecule has 2 aromatic carbocycles. The molecule has 8 nitrogen and oxygen atoms in total. The fourth-order valence-corrected chi connectivity index (χ4v) is 5.84. The molecule has 34 heavy (non-hydrogen) atoms. The minimum atomic E-state index is -3.54. The van der Waals surface area contributed by atoms with Crippen LogP contribution in [0, 0.1) is 0 Å². The Morgan fingerprint density at radius 3 is 2.47 bits per heavy atom. The summed E-state index contributed by atoms with van der Waals surface area (Å²) < 4.78 is 33.4. The summed E-state index contributed by atoms with van der Waals surface area (Å²) in [7, 11) is -3.54. The summed E-state index contributed by atoms with van der Waals surface area (Å²) in [4.78, 5) is 22.4. The van der Waals surface area contributed by atoms with E-state index in [4.69, 9.17) is 4.42 Å². The maximum Gasteiger partial charge on any atom is 0.294 e. The fourth-order valence-electron chi connectivity index (χ4n) is 4.42. The molecule has 1 atom stereocenters. The van der Waals surface area contributed by atoms with E-state index in [2.05, 4.69) is 28.7 Å². The Balaban J connectivity index is 1.28. The third-order valence-corrected chi connectivity index (χ3v) is 8.60. The second-order valence-electron chi connectivity index (χ2n) is 8.85. The predicted octanol–water partition coefficient (Wildman–Crippen LogP) is 3.69. The van der Waals surface area contributed by atoms with Crippen LogP contribution in [0.25, 0.3) is 22.1 Å². The molecule has 2 aromatic heterocycles. The van der Waals surface area contributed by atoms with Crippen LogP contribution < -0.4 is 5.56 Å². The topological polar surface area (TPSA) is 99.5 Å². The molecular weight excluding hydrogens is 452 g/mol. The third kappa shape index (κ3) is 4.15. The van der Waals surface area contributed by atoms with Crippen molar-refractivity contribution in [2.75, 3.05) is 26.2 Å². The van der Waals surface area contributed by atoms with Crippen molar-refractivity contribution < 1.29 is 12.8 Å². The van der Waals surface area contributed by atoms with Gasteiger partial charge in [0.15, 0.2) is 0 Å². The lowest BCUT2D eigenvalue weighted by Gasteiger charge is -2.33. The minimum absolute atomic E-state index is 0.222. The van der Waals surface area contributed by atoms with Crippen molar-refractivity contribution in [3.05, 3.63) is 70.3 Å². The molecule has 1 N–H and O–H groups in total. The number of piperazine rings is 1. The van der Waals surface area contributed by atoms with Gasteiger partial charge in [0.05, 0.1) is 11.4 Å². The summed E-state index contributed by atoms with van der Waals surface area (Å²) in [6.07, 6.45) is 1.01. The zero-order valence-corrected chi connectivity index (χ0v) is 20.1. The van der Waals surface area contributed by atoms with Crippen LogP contribution in [0.15, 0.2) is 62.6 Å². The molecule has 0 saturated carbocycles. The van der Waals surface area contributed by atoms with E-state index in [1.54, 1.807) is 12.1 Å². The number of sulfonamides is 1. The van der Waals surface area contributed by atoms with E-state index < -0.39 is 10.0 Å². The van der Waals surface area contributed by atoms with E-state index in [1.807, 2.05) is 36.4 Å². The van der Waals surface area contributed by atoms with Gasteiger partial charge in [0.25, 0.3) is 5.56 Å². The molecule has 0 amide bonds. The van der Waals surface area contributed by atoms with Crippen LogP contribution in [0.1, 0.15) is 37.6 Å². The predicted molar refractivity (Wildman–Crippen MR) is 131 cm³/mol. The van der Waals surface area contributed by atoms with E-state index in [0.29, 0.717) is 60.5 Å². The molecule has 1 aliphatic rings. The highest BCUT2D eigenvalue weighted by molar-refractivity contribution is 7.89. The Morgan fingerprint density at radius 1 is 1.06 bits per heavy atom. The summed E-state index contributed by atoms with van der Waals surface area (Å²) >= 11 is 0. The second-order valence-corrected chi connectivity index (χ2v) is 10.8. The summed E-state index contributed by atoms with van der Waals surface area (Å²) in [5.74, 6) is 0.945. The lowest BCUT2D eigenvalue weighted by Crippen LogP contribution is -2.48. The first-order valence-electron chi connectivity index (χ1n) is 11.6. The molecule has 0 bridgehead atoms. The van der Waals surface area contributed by atoms with Gasteiger partial charge in [0.1, 0.15) is 16.9 Å². The lowest BCUT2D eigenvalue weighted by molar-refractivity contribution is 0.178. The molecule has 9 heteroatoms. The number of rotatable bonds is 6. The van der Waals surface area contributed by atoms with Gasteiger partial charge < -0.3 is 9.40 Å². The van der Waals surface area contributed by atoms with E-state index in [-0.39, 0.29) is 11.1 Å². The Hall–Kier alpha value is -3.01. The van der Waals surface area contributed by atoms with Gasteiger partial charge in [0, 0.05) is 31.6 Å². The maximum atomic E-state index is 13.1. The number of fused-ring (bicyclic) bond motifs is 3. The van der Waals surface area contributed by atoms with Crippen molar-refractivity contribution in [3.63, 3.8) is 0 Å². The minimum Gasteiger partial charge on any atom is -0.449 e. The number of hydrogen-bond donors (Lipinski definition) is 1. The molecule has 1 unspecified atom stereocenters. The number of aromatic nitrogens is 2. The average molecular weight is 481 g/mol. The number of nitrogens with zero attached hydrogens (tertiary/aromatic N) is 3. The van der Waals surface area contributed by atoms with E-state index in [9.17, 15) is 13.2 Å². The first kappa shape index (κ1) is 22.8. The van der Waals surface area contributed by atoms with Crippen LogP contribution >= 0.6 is 0 Å². The second kappa shape index (κ2) is 8.98. The van der Waals surface area contributed by atoms with Crippen LogP contribution in [-0.4, -0.2) is 53.8 Å². The Kier molecular flexibility index (Phi) is 6.01. The quantitative estimate of drug-likeness (QED) is 0.452. The van der Waals surface area contributed by atoms with Crippen LogP contribution in [-0.2, 0) is 16.6 Å². The number of hydrogen-bond acceptors (Lipinski definition) is 6. The molecule has 0 spiro atoms. The van der Waals surface area contributed by atoms with Gasteiger partial charge in [0.2, 0.25) is 15.6 Å². The molecule has 4 aromatic rings. The Morgan fingerprint density at radius 2 is 1.76 bits per heavy atom. The summed E-state index contributed by atoms with van der Waals surface area (Å²) in [6, 6.07) is 14.7. The molecule has 1 saturated heterocycles. The highest BCUT2D eigenvalue weighted by Gasteiger charge is 2.29. The number of aromatic amines is 1. The van der Waals surface area contributed by atoms with Crippen molar-refractivity contribution in [2.45, 2.75) is 37.6 Å². The molecule has 178 valence electrons. The Bertz CT molecular complexity index is 1480. The highest BCUT2D eigenvalue weighted by atomic mass is 32.2. The smallest absolute Gasteiger partial charge is 0.294 e. The molecule has 3 heterocycles. The number of H-pyrrole nitrogens is 1. The Labute approximate surface area is 198 Å². The van der Waals surface area contributed by atoms with Gasteiger partial charge in [-0.25, -0.2) is 13.4 Å². The number of furan rings is 1. The van der Waals surface area contributed by atoms with Gasteiger partial charge in [-0.2, -0.15) is 4.31 Å². The van der Waals surface area contributed by atoms with Crippen LogP contribution in [0.5, 0.6) is 0 Å². The molecule has 5 rings (SSSR count). The summed E-state index contributed by atoms with van der Waals surface area (Å²) in [6.45, 7) is 6.57. The first-order valence-corrected chi connectivity index (χ1v) is 13.0. The number of para-hydroxylation sites is 1. The molecule has 1 fully saturated rings. The molecule has 0 aliphatic carbocycles. The van der Waals surface area contributed by atoms with E-state index in [0.717, 1.165) is 17.4 Å². The molecular formula is C25H28N4O4S. The van der Waals surface area contributed by atoms with Gasteiger partial charge in [-0.05, 0) is 42.2 Å². The fraction of sp³-hybridized carbons (Fsp3) is 0.360. The molecule has 1 aliphatic heterocycles. The zero-order chi connectivity index (χ0) is 23.9. The van der Waals surface area contributed by atoms with Crippen LogP contribution in [0.3, 0.4) is 0 Å². The maximum absolute atomic E-state index is 13.1. The summed E-state index contributed by atoms with van der Waals surface area (Å²) in [5, 5.41) is 0.806. The van der Waals surface area contributed by atoms with Gasteiger partial charge in [-0.1, -0.05) is 38.1 Å². The third-order valence-electron chi connectivity index (χ3n) is 6.68. The first-order chi connectivity index (χ1) is 16.4. The SMILES string of the molecule is CCC(C)c1ccc(S(=O)(=O)N2CCN(Cc3nc4c(oc5ccccc54)c(=O)[nH]3)CC2)cc1. The van der Waals surface area contributed by atoms with Crippen LogP contribution in [0.2, 0.25) is 0 Å². The van der Waals surface area contributed by atoms with Gasteiger partial charge in [-0.15, -0.1) is 0 Å². The molecule has 0 radical (unpaired) electrons. The van der Waals surface area contributed by atoms with Crippen molar-refractivity contribution in [1.82, 2.24) is 19.2 Å².